The molecule has 160 valence electrons. The molecule has 0 aliphatic heterocycles. The third-order valence-corrected chi connectivity index (χ3v) is 6.24. The number of hydrogen-bond donors (Lipinski definition) is 2. The molecular formula is C20H26F3N3O2S. The minimum atomic E-state index is -4.75. The fourth-order valence-corrected chi connectivity index (χ4v) is 4.83. The Bertz CT molecular complexity index is 933. The molecule has 2 aromatic carbocycles. The number of halogens is 3. The molecule has 0 heterocycles. The molecule has 2 aromatic rings. The Hall–Kier alpha value is -2.26. The zero-order valence-electron chi connectivity index (χ0n) is 17.1. The van der Waals surface area contributed by atoms with Crippen LogP contribution in [0.15, 0.2) is 41.3 Å². The fourth-order valence-electron chi connectivity index (χ4n) is 3.16. The van der Waals surface area contributed by atoms with Gasteiger partial charge < -0.3 is 10.2 Å². The zero-order chi connectivity index (χ0) is 22.0. The van der Waals surface area contributed by atoms with E-state index in [0.717, 1.165) is 11.3 Å². The quantitative estimate of drug-likeness (QED) is 0.699. The van der Waals surface area contributed by atoms with Crippen molar-refractivity contribution in [3.05, 3.63) is 53.1 Å². The van der Waals surface area contributed by atoms with E-state index in [4.69, 9.17) is 0 Å². The van der Waals surface area contributed by atoms with Crippen LogP contribution in [0.3, 0.4) is 0 Å². The minimum Gasteiger partial charge on any atom is -0.383 e. The standard InChI is InChI=1S/C20H26F3N3O2S/c1-13-10-14(2)19(15(3)11-13)29(27,28)25-18(20(21,22)23)12-24-16-6-8-17(9-7-16)26(4)5/h6-11,18,24-25H,12H2,1-5H3. The van der Waals surface area contributed by atoms with Gasteiger partial charge in [0.05, 0.1) is 4.90 Å². The number of anilines is 2. The van der Waals surface area contributed by atoms with Crippen molar-refractivity contribution < 1.29 is 21.6 Å². The molecule has 2 rings (SSSR count). The van der Waals surface area contributed by atoms with Gasteiger partial charge in [-0.15, -0.1) is 0 Å². The third kappa shape index (κ3) is 5.86. The number of alkyl halides is 3. The van der Waals surface area contributed by atoms with Crippen LogP contribution in [-0.4, -0.2) is 41.3 Å². The highest BCUT2D eigenvalue weighted by Crippen LogP contribution is 2.26. The number of sulfonamides is 1. The van der Waals surface area contributed by atoms with Crippen LogP contribution in [0, 0.1) is 20.8 Å². The third-order valence-electron chi connectivity index (χ3n) is 4.46. The van der Waals surface area contributed by atoms with Gasteiger partial charge in [0.15, 0.2) is 0 Å². The van der Waals surface area contributed by atoms with Crippen molar-refractivity contribution in [3.63, 3.8) is 0 Å². The molecule has 0 aliphatic carbocycles. The van der Waals surface area contributed by atoms with Gasteiger partial charge in [0.25, 0.3) is 0 Å². The Morgan fingerprint density at radius 1 is 1.00 bits per heavy atom. The molecule has 0 fully saturated rings. The van der Waals surface area contributed by atoms with Crippen molar-refractivity contribution in [2.45, 2.75) is 37.9 Å². The Labute approximate surface area is 170 Å². The van der Waals surface area contributed by atoms with Crippen molar-refractivity contribution in [1.29, 1.82) is 0 Å². The van der Waals surface area contributed by atoms with Crippen molar-refractivity contribution in [1.82, 2.24) is 4.72 Å². The first-order valence-electron chi connectivity index (χ1n) is 8.99. The van der Waals surface area contributed by atoms with E-state index in [9.17, 15) is 21.6 Å². The van der Waals surface area contributed by atoms with Crippen LogP contribution < -0.4 is 14.9 Å². The van der Waals surface area contributed by atoms with E-state index in [-0.39, 0.29) is 4.90 Å². The maximum atomic E-state index is 13.5. The molecular weight excluding hydrogens is 403 g/mol. The van der Waals surface area contributed by atoms with Gasteiger partial charge in [0.1, 0.15) is 6.04 Å². The maximum Gasteiger partial charge on any atom is 0.406 e. The van der Waals surface area contributed by atoms with Crippen molar-refractivity contribution in [3.8, 4) is 0 Å². The summed E-state index contributed by atoms with van der Waals surface area (Å²) in [4.78, 5) is 1.75. The molecule has 0 amide bonds. The summed E-state index contributed by atoms with van der Waals surface area (Å²) in [5.74, 6) is 0. The predicted molar refractivity (Wildman–Crippen MR) is 110 cm³/mol. The van der Waals surface area contributed by atoms with Crippen molar-refractivity contribution in [2.75, 3.05) is 30.9 Å². The molecule has 0 bridgehead atoms. The van der Waals surface area contributed by atoms with E-state index in [1.54, 1.807) is 57.2 Å². The van der Waals surface area contributed by atoms with Crippen LogP contribution in [0.1, 0.15) is 16.7 Å². The molecule has 0 aliphatic rings. The summed E-state index contributed by atoms with van der Waals surface area (Å²) in [6.07, 6.45) is -4.75. The normalized spacial score (nSPS) is 13.2. The Balaban J connectivity index is 2.23. The molecule has 29 heavy (non-hydrogen) atoms. The average molecular weight is 430 g/mol. The summed E-state index contributed by atoms with van der Waals surface area (Å²) < 4.78 is 67.9. The summed E-state index contributed by atoms with van der Waals surface area (Å²) in [6, 6.07) is 7.80. The molecule has 0 aromatic heterocycles. The predicted octanol–water partition coefficient (Wildman–Crippen LogP) is 4.00. The number of nitrogens with one attached hydrogen (secondary N) is 2. The second-order valence-electron chi connectivity index (χ2n) is 7.27. The molecule has 9 heteroatoms. The van der Waals surface area contributed by atoms with E-state index in [1.165, 1.54) is 0 Å². The van der Waals surface area contributed by atoms with Gasteiger partial charge in [0.2, 0.25) is 10.0 Å². The van der Waals surface area contributed by atoms with Gasteiger partial charge in [-0.1, -0.05) is 17.7 Å². The molecule has 0 spiro atoms. The molecule has 0 saturated carbocycles. The first kappa shape index (κ1) is 23.0. The highest BCUT2D eigenvalue weighted by molar-refractivity contribution is 7.89. The number of hydrogen-bond acceptors (Lipinski definition) is 4. The Kier molecular flexibility index (Phi) is 6.85. The lowest BCUT2D eigenvalue weighted by Crippen LogP contribution is -2.49. The number of benzene rings is 2. The van der Waals surface area contributed by atoms with Gasteiger partial charge in [-0.3, -0.25) is 0 Å². The summed E-state index contributed by atoms with van der Waals surface area (Å²) in [5.41, 5.74) is 3.01. The topological polar surface area (TPSA) is 61.4 Å². The van der Waals surface area contributed by atoms with Crippen LogP contribution in [0.25, 0.3) is 0 Å². The van der Waals surface area contributed by atoms with Crippen LogP contribution in [0.2, 0.25) is 0 Å². The molecule has 1 unspecified atom stereocenters. The van der Waals surface area contributed by atoms with Crippen LogP contribution in [-0.2, 0) is 10.0 Å². The van der Waals surface area contributed by atoms with E-state index in [2.05, 4.69) is 5.32 Å². The lowest BCUT2D eigenvalue weighted by molar-refractivity contribution is -0.148. The first-order valence-corrected chi connectivity index (χ1v) is 10.5. The molecule has 1 atom stereocenters. The van der Waals surface area contributed by atoms with Gasteiger partial charge >= 0.3 is 6.18 Å². The van der Waals surface area contributed by atoms with Gasteiger partial charge in [0, 0.05) is 32.0 Å². The van der Waals surface area contributed by atoms with Crippen molar-refractivity contribution >= 4 is 21.4 Å². The number of nitrogens with zero attached hydrogens (tertiary/aromatic N) is 1. The summed E-state index contributed by atoms with van der Waals surface area (Å²) >= 11 is 0. The van der Waals surface area contributed by atoms with Crippen LogP contribution >= 0.6 is 0 Å². The summed E-state index contributed by atoms with van der Waals surface area (Å²) in [6.45, 7) is 4.31. The molecule has 5 nitrogen and oxygen atoms in total. The highest BCUT2D eigenvalue weighted by atomic mass is 32.2. The Morgan fingerprint density at radius 2 is 1.52 bits per heavy atom. The second-order valence-corrected chi connectivity index (χ2v) is 8.92. The number of rotatable bonds is 7. The number of aryl methyl sites for hydroxylation is 3. The Morgan fingerprint density at radius 3 is 1.97 bits per heavy atom. The van der Waals surface area contributed by atoms with Gasteiger partial charge in [-0.25, -0.2) is 8.42 Å². The maximum absolute atomic E-state index is 13.5. The van der Waals surface area contributed by atoms with Crippen molar-refractivity contribution in [2.24, 2.45) is 0 Å². The summed E-state index contributed by atoms with van der Waals surface area (Å²) in [5, 5.41) is 2.66. The largest absolute Gasteiger partial charge is 0.406 e. The van der Waals surface area contributed by atoms with E-state index in [0.29, 0.717) is 16.8 Å². The molecule has 2 N–H and O–H groups in total. The lowest BCUT2D eigenvalue weighted by atomic mass is 10.1. The lowest BCUT2D eigenvalue weighted by Gasteiger charge is -2.24. The average Bonchev–Trinajstić information content (AvgIpc) is 2.56. The summed E-state index contributed by atoms with van der Waals surface area (Å²) in [7, 11) is -0.654. The smallest absolute Gasteiger partial charge is 0.383 e. The minimum absolute atomic E-state index is 0.118. The highest BCUT2D eigenvalue weighted by Gasteiger charge is 2.42. The molecule has 0 saturated heterocycles. The van der Waals surface area contributed by atoms with E-state index >= 15 is 0 Å². The van der Waals surface area contributed by atoms with E-state index in [1.807, 2.05) is 23.7 Å². The monoisotopic (exact) mass is 429 g/mol. The SMILES string of the molecule is Cc1cc(C)c(S(=O)(=O)NC(CNc2ccc(N(C)C)cc2)C(F)(F)F)c(C)c1. The zero-order valence-corrected chi connectivity index (χ0v) is 17.9. The fraction of sp³-hybridized carbons (Fsp3) is 0.400. The van der Waals surface area contributed by atoms with Crippen LogP contribution in [0.5, 0.6) is 0 Å². The van der Waals surface area contributed by atoms with Crippen LogP contribution in [0.4, 0.5) is 24.5 Å². The van der Waals surface area contributed by atoms with Gasteiger partial charge in [-0.05, 0) is 56.2 Å². The first-order chi connectivity index (χ1) is 13.3. The van der Waals surface area contributed by atoms with E-state index < -0.39 is 28.8 Å². The molecule has 0 radical (unpaired) electrons. The second kappa shape index (κ2) is 8.62. The van der Waals surface area contributed by atoms with Gasteiger partial charge in [-0.2, -0.15) is 17.9 Å².